The zero-order chi connectivity index (χ0) is 17.6. The summed E-state index contributed by atoms with van der Waals surface area (Å²) in [5, 5.41) is 2.07. The van der Waals surface area contributed by atoms with Crippen molar-refractivity contribution in [1.29, 1.82) is 0 Å². The molecule has 0 spiro atoms. The lowest BCUT2D eigenvalue weighted by molar-refractivity contribution is 0.0518. The van der Waals surface area contributed by atoms with Gasteiger partial charge in [-0.15, -0.1) is 11.6 Å². The number of aromatic nitrogens is 1. The Morgan fingerprint density at radius 1 is 1.04 bits per heavy atom. The van der Waals surface area contributed by atoms with Gasteiger partial charge < -0.3 is 4.74 Å². The van der Waals surface area contributed by atoms with E-state index in [-0.39, 0.29) is 5.97 Å². The van der Waals surface area contributed by atoms with E-state index in [2.05, 4.69) is 0 Å². The van der Waals surface area contributed by atoms with Crippen LogP contribution in [-0.4, -0.2) is 23.4 Å². The number of alkyl halides is 1. The summed E-state index contributed by atoms with van der Waals surface area (Å²) in [6, 6.07) is 18.0. The van der Waals surface area contributed by atoms with Crippen LogP contribution in [0.3, 0.4) is 0 Å². The molecule has 0 unspecified atom stereocenters. The minimum absolute atomic E-state index is 0.322. The minimum Gasteiger partial charge on any atom is -0.461 e. The van der Waals surface area contributed by atoms with Crippen molar-refractivity contribution < 1.29 is 9.53 Å². The van der Waals surface area contributed by atoms with Gasteiger partial charge in [0, 0.05) is 16.8 Å². The van der Waals surface area contributed by atoms with Crippen LogP contribution in [0.4, 0.5) is 0 Å². The van der Waals surface area contributed by atoms with Gasteiger partial charge in [-0.2, -0.15) is 0 Å². The summed E-state index contributed by atoms with van der Waals surface area (Å²) in [4.78, 5) is 17.3. The van der Waals surface area contributed by atoms with Gasteiger partial charge in [0.2, 0.25) is 0 Å². The van der Waals surface area contributed by atoms with Gasteiger partial charge in [0.05, 0.1) is 12.3 Å². The van der Waals surface area contributed by atoms with E-state index in [1.54, 1.807) is 6.92 Å². The lowest BCUT2D eigenvalue weighted by Crippen LogP contribution is -2.12. The lowest BCUT2D eigenvalue weighted by atomic mass is 9.96. The molecule has 0 atom stereocenters. The third-order valence-electron chi connectivity index (χ3n) is 4.09. The second-order valence-corrected chi connectivity index (χ2v) is 6.09. The Balaban J connectivity index is 2.28. The molecule has 3 rings (SSSR count). The Bertz CT molecular complexity index is 878. The number of esters is 1. The molecule has 3 aromatic rings. The van der Waals surface area contributed by atoms with Crippen molar-refractivity contribution in [2.45, 2.75) is 19.8 Å². The average molecular weight is 354 g/mol. The number of nitrogens with zero attached hydrogens (tertiary/aromatic N) is 1. The van der Waals surface area contributed by atoms with Crippen molar-refractivity contribution in [2.24, 2.45) is 0 Å². The van der Waals surface area contributed by atoms with E-state index in [0.29, 0.717) is 24.6 Å². The molecular weight excluding hydrogens is 334 g/mol. The second kappa shape index (κ2) is 8.13. The van der Waals surface area contributed by atoms with E-state index < -0.39 is 0 Å². The Kier molecular flexibility index (Phi) is 5.67. The van der Waals surface area contributed by atoms with Crippen LogP contribution in [-0.2, 0) is 11.2 Å². The van der Waals surface area contributed by atoms with Crippen molar-refractivity contribution in [3.8, 4) is 11.3 Å². The van der Waals surface area contributed by atoms with Gasteiger partial charge in [-0.25, -0.2) is 9.78 Å². The monoisotopic (exact) mass is 353 g/mol. The fourth-order valence-corrected chi connectivity index (χ4v) is 3.13. The number of hydrogen-bond acceptors (Lipinski definition) is 3. The van der Waals surface area contributed by atoms with Crippen LogP contribution in [0.15, 0.2) is 54.6 Å². The smallest absolute Gasteiger partial charge is 0.357 e. The summed E-state index contributed by atoms with van der Waals surface area (Å²) in [6.07, 6.45) is 1.48. The Hall–Kier alpha value is -2.39. The Morgan fingerprint density at radius 3 is 2.40 bits per heavy atom. The Labute approximate surface area is 152 Å². The maximum absolute atomic E-state index is 12.5. The quantitative estimate of drug-likeness (QED) is 0.448. The molecular formula is C21H20ClNO2. The molecule has 4 heteroatoms. The van der Waals surface area contributed by atoms with Crippen LogP contribution in [0.5, 0.6) is 0 Å². The summed E-state index contributed by atoms with van der Waals surface area (Å²) in [7, 11) is 0. The Morgan fingerprint density at radius 2 is 1.72 bits per heavy atom. The highest BCUT2D eigenvalue weighted by Crippen LogP contribution is 2.31. The maximum atomic E-state index is 12.5. The number of rotatable bonds is 6. The molecule has 0 fully saturated rings. The first kappa shape index (κ1) is 17.4. The highest BCUT2D eigenvalue weighted by Gasteiger charge is 2.20. The van der Waals surface area contributed by atoms with Crippen LogP contribution in [0.1, 0.15) is 29.4 Å². The number of ether oxygens (including phenoxy) is 1. The summed E-state index contributed by atoms with van der Waals surface area (Å²) in [5.41, 5.74) is 3.08. The molecule has 3 nitrogen and oxygen atoms in total. The van der Waals surface area contributed by atoms with Crippen molar-refractivity contribution in [3.05, 3.63) is 65.9 Å². The van der Waals surface area contributed by atoms with E-state index in [0.717, 1.165) is 34.0 Å². The lowest BCUT2D eigenvalue weighted by Gasteiger charge is -2.15. The number of fused-ring (bicyclic) bond motifs is 1. The summed E-state index contributed by atoms with van der Waals surface area (Å²) < 4.78 is 5.25. The van der Waals surface area contributed by atoms with Gasteiger partial charge in [0.1, 0.15) is 0 Å². The molecule has 0 radical (unpaired) electrons. The molecule has 128 valence electrons. The number of aryl methyl sites for hydroxylation is 1. The number of pyridine rings is 1. The zero-order valence-electron chi connectivity index (χ0n) is 14.2. The minimum atomic E-state index is -0.380. The molecule has 1 heterocycles. The number of halogens is 1. The molecule has 25 heavy (non-hydrogen) atoms. The number of carbonyl (C=O) groups excluding carboxylic acids is 1. The SMILES string of the molecule is CCOC(=O)c1nc(-c2ccccc2)c2ccccc2c1CCCCl. The largest absolute Gasteiger partial charge is 0.461 e. The molecule has 0 N–H and O–H groups in total. The molecule has 1 aromatic heterocycles. The average Bonchev–Trinajstić information content (AvgIpc) is 2.66. The maximum Gasteiger partial charge on any atom is 0.357 e. The molecule has 0 bridgehead atoms. The fraction of sp³-hybridized carbons (Fsp3) is 0.238. The normalized spacial score (nSPS) is 10.8. The molecule has 0 amide bonds. The van der Waals surface area contributed by atoms with Crippen LogP contribution >= 0.6 is 11.6 Å². The predicted octanol–water partition coefficient (Wildman–Crippen LogP) is 5.25. The van der Waals surface area contributed by atoms with Gasteiger partial charge in [-0.3, -0.25) is 0 Å². The van der Waals surface area contributed by atoms with Gasteiger partial charge in [0.25, 0.3) is 0 Å². The van der Waals surface area contributed by atoms with Gasteiger partial charge >= 0.3 is 5.97 Å². The molecule has 0 saturated carbocycles. The fourth-order valence-electron chi connectivity index (χ4n) is 3.00. The molecule has 2 aromatic carbocycles. The van der Waals surface area contributed by atoms with E-state index in [4.69, 9.17) is 21.3 Å². The summed E-state index contributed by atoms with van der Waals surface area (Å²) in [5.74, 6) is 0.159. The third kappa shape index (κ3) is 3.67. The van der Waals surface area contributed by atoms with Crippen LogP contribution in [0.2, 0.25) is 0 Å². The first-order chi connectivity index (χ1) is 12.3. The first-order valence-electron chi connectivity index (χ1n) is 8.46. The van der Waals surface area contributed by atoms with Crippen molar-refractivity contribution >= 4 is 28.3 Å². The van der Waals surface area contributed by atoms with Crippen LogP contribution in [0, 0.1) is 0 Å². The highest BCUT2D eigenvalue weighted by atomic mass is 35.5. The molecule has 0 saturated heterocycles. The molecule has 0 aliphatic carbocycles. The summed E-state index contributed by atoms with van der Waals surface area (Å²) in [6.45, 7) is 2.12. The van der Waals surface area contributed by atoms with E-state index in [1.807, 2.05) is 54.6 Å². The van der Waals surface area contributed by atoms with Crippen molar-refractivity contribution in [1.82, 2.24) is 4.98 Å². The summed E-state index contributed by atoms with van der Waals surface area (Å²) >= 11 is 5.89. The first-order valence-corrected chi connectivity index (χ1v) is 8.99. The van der Waals surface area contributed by atoms with E-state index in [9.17, 15) is 4.79 Å². The number of hydrogen-bond donors (Lipinski definition) is 0. The van der Waals surface area contributed by atoms with E-state index in [1.165, 1.54) is 0 Å². The topological polar surface area (TPSA) is 39.2 Å². The number of benzene rings is 2. The van der Waals surface area contributed by atoms with E-state index >= 15 is 0 Å². The molecule has 0 aliphatic heterocycles. The standard InChI is InChI=1S/C21H20ClNO2/c1-2-25-21(24)20-18(13-8-14-22)16-11-6-7-12-17(16)19(23-20)15-9-4-3-5-10-15/h3-7,9-12H,2,8,13-14H2,1H3. The number of carbonyl (C=O) groups is 1. The van der Waals surface area contributed by atoms with Gasteiger partial charge in [-0.05, 0) is 30.7 Å². The van der Waals surface area contributed by atoms with Crippen molar-refractivity contribution in [3.63, 3.8) is 0 Å². The van der Waals surface area contributed by atoms with Gasteiger partial charge in [0.15, 0.2) is 5.69 Å². The van der Waals surface area contributed by atoms with Crippen molar-refractivity contribution in [2.75, 3.05) is 12.5 Å². The van der Waals surface area contributed by atoms with Crippen LogP contribution in [0.25, 0.3) is 22.0 Å². The zero-order valence-corrected chi connectivity index (χ0v) is 14.9. The second-order valence-electron chi connectivity index (χ2n) is 5.71. The predicted molar refractivity (Wildman–Crippen MR) is 102 cm³/mol. The van der Waals surface area contributed by atoms with Gasteiger partial charge in [-0.1, -0.05) is 54.6 Å². The molecule has 0 aliphatic rings. The highest BCUT2D eigenvalue weighted by molar-refractivity contribution is 6.17. The van der Waals surface area contributed by atoms with Crippen LogP contribution < -0.4 is 0 Å². The third-order valence-corrected chi connectivity index (χ3v) is 4.36.